The minimum atomic E-state index is -1.01. The Bertz CT molecular complexity index is 643. The number of ether oxygens (including phenoxy) is 1. The van der Waals surface area contributed by atoms with Crippen molar-refractivity contribution in [2.45, 2.75) is 19.4 Å². The van der Waals surface area contributed by atoms with E-state index < -0.39 is 5.97 Å². The van der Waals surface area contributed by atoms with Crippen LogP contribution < -0.4 is 4.74 Å². The van der Waals surface area contributed by atoms with Crippen LogP contribution in [0.2, 0.25) is 0 Å². The van der Waals surface area contributed by atoms with Gasteiger partial charge in [0.1, 0.15) is 12.3 Å². The van der Waals surface area contributed by atoms with Gasteiger partial charge in [0, 0.05) is 13.0 Å². The van der Waals surface area contributed by atoms with Crippen molar-refractivity contribution in [1.82, 2.24) is 4.90 Å². The maximum absolute atomic E-state index is 12.3. The van der Waals surface area contributed by atoms with Gasteiger partial charge in [-0.3, -0.25) is 9.59 Å². The lowest BCUT2D eigenvalue weighted by Gasteiger charge is -2.21. The van der Waals surface area contributed by atoms with Crippen molar-refractivity contribution < 1.29 is 19.4 Å². The zero-order valence-electron chi connectivity index (χ0n) is 13.4. The van der Waals surface area contributed by atoms with Gasteiger partial charge in [-0.25, -0.2) is 0 Å². The lowest BCUT2D eigenvalue weighted by molar-refractivity contribution is -0.145. The van der Waals surface area contributed by atoms with Gasteiger partial charge in [-0.2, -0.15) is 0 Å². The molecule has 2 aromatic rings. The molecule has 5 nitrogen and oxygen atoms in total. The van der Waals surface area contributed by atoms with E-state index in [0.29, 0.717) is 19.6 Å². The van der Waals surface area contributed by atoms with Crippen LogP contribution in [0.1, 0.15) is 18.4 Å². The normalized spacial score (nSPS) is 10.2. The minimum absolute atomic E-state index is 0.182. The monoisotopic (exact) mass is 327 g/mol. The Kier molecular flexibility index (Phi) is 6.83. The van der Waals surface area contributed by atoms with Crippen LogP contribution in [-0.4, -0.2) is 35.0 Å². The van der Waals surface area contributed by atoms with Crippen molar-refractivity contribution in [2.75, 3.05) is 13.2 Å². The third kappa shape index (κ3) is 6.12. The first kappa shape index (κ1) is 17.5. The molecule has 0 aromatic heterocycles. The Morgan fingerprint density at radius 3 is 2.21 bits per heavy atom. The van der Waals surface area contributed by atoms with Crippen molar-refractivity contribution in [3.63, 3.8) is 0 Å². The smallest absolute Gasteiger partial charge is 0.323 e. The Labute approximate surface area is 141 Å². The third-order valence-corrected chi connectivity index (χ3v) is 3.44. The predicted molar refractivity (Wildman–Crippen MR) is 90.7 cm³/mol. The Balaban J connectivity index is 1.82. The summed E-state index contributed by atoms with van der Waals surface area (Å²) in [4.78, 5) is 24.7. The van der Waals surface area contributed by atoms with Crippen LogP contribution in [0.5, 0.6) is 5.75 Å². The third-order valence-electron chi connectivity index (χ3n) is 3.44. The lowest BCUT2D eigenvalue weighted by Crippen LogP contribution is -2.35. The molecule has 5 heteroatoms. The molecule has 0 spiro atoms. The first-order valence-electron chi connectivity index (χ1n) is 7.86. The van der Waals surface area contributed by atoms with Gasteiger partial charge < -0.3 is 14.7 Å². The molecule has 2 aromatic carbocycles. The van der Waals surface area contributed by atoms with Crippen LogP contribution in [0.4, 0.5) is 0 Å². The van der Waals surface area contributed by atoms with Crippen LogP contribution >= 0.6 is 0 Å². The summed E-state index contributed by atoms with van der Waals surface area (Å²) in [6, 6.07) is 18.8. The van der Waals surface area contributed by atoms with Gasteiger partial charge in [-0.15, -0.1) is 0 Å². The number of amides is 1. The van der Waals surface area contributed by atoms with Gasteiger partial charge in [0.25, 0.3) is 0 Å². The summed E-state index contributed by atoms with van der Waals surface area (Å²) < 4.78 is 5.55. The average molecular weight is 327 g/mol. The molecule has 0 aliphatic heterocycles. The molecule has 0 saturated carbocycles. The topological polar surface area (TPSA) is 66.8 Å². The van der Waals surface area contributed by atoms with E-state index in [0.717, 1.165) is 11.3 Å². The first-order chi connectivity index (χ1) is 11.6. The molecular formula is C19H21NO4. The van der Waals surface area contributed by atoms with Gasteiger partial charge >= 0.3 is 5.97 Å². The molecule has 0 unspecified atom stereocenters. The SMILES string of the molecule is O=C(O)CN(Cc1ccccc1)C(=O)CCCOc1ccccc1. The number of hydrogen-bond acceptors (Lipinski definition) is 3. The molecule has 0 saturated heterocycles. The van der Waals surface area contributed by atoms with Gasteiger partial charge in [-0.05, 0) is 24.1 Å². The number of para-hydroxylation sites is 1. The number of carboxylic acid groups (broad SMARTS) is 1. The van der Waals surface area contributed by atoms with Crippen molar-refractivity contribution in [1.29, 1.82) is 0 Å². The molecule has 0 fully saturated rings. The molecule has 0 radical (unpaired) electrons. The molecule has 1 N–H and O–H groups in total. The van der Waals surface area contributed by atoms with Crippen LogP contribution in [0.15, 0.2) is 60.7 Å². The Morgan fingerprint density at radius 1 is 0.958 bits per heavy atom. The number of hydrogen-bond donors (Lipinski definition) is 1. The quantitative estimate of drug-likeness (QED) is 0.719. The van der Waals surface area contributed by atoms with Gasteiger partial charge in [0.05, 0.1) is 6.61 Å². The maximum Gasteiger partial charge on any atom is 0.323 e. The van der Waals surface area contributed by atoms with E-state index in [1.807, 2.05) is 60.7 Å². The number of carboxylic acids is 1. The molecule has 1 amide bonds. The largest absolute Gasteiger partial charge is 0.494 e. The fraction of sp³-hybridized carbons (Fsp3) is 0.263. The molecule has 24 heavy (non-hydrogen) atoms. The van der Waals surface area contributed by atoms with Crippen molar-refractivity contribution >= 4 is 11.9 Å². The summed E-state index contributed by atoms with van der Waals surface area (Å²) in [5.41, 5.74) is 0.910. The molecule has 0 bridgehead atoms. The summed E-state index contributed by atoms with van der Waals surface area (Å²) in [6.45, 7) is 0.417. The second-order valence-corrected chi connectivity index (χ2v) is 5.39. The van der Waals surface area contributed by atoms with E-state index in [2.05, 4.69) is 0 Å². The molecule has 0 atom stereocenters. The van der Waals surface area contributed by atoms with E-state index in [4.69, 9.17) is 9.84 Å². The van der Waals surface area contributed by atoms with Gasteiger partial charge in [0.15, 0.2) is 0 Å². The van der Waals surface area contributed by atoms with Crippen LogP contribution in [0.25, 0.3) is 0 Å². The standard InChI is InChI=1S/C19H21NO4/c21-18(12-7-13-24-17-10-5-2-6-11-17)20(15-19(22)23)14-16-8-3-1-4-9-16/h1-6,8-11H,7,12-15H2,(H,22,23). The first-order valence-corrected chi connectivity index (χ1v) is 7.86. The van der Waals surface area contributed by atoms with E-state index in [-0.39, 0.29) is 18.9 Å². The highest BCUT2D eigenvalue weighted by atomic mass is 16.5. The maximum atomic E-state index is 12.3. The van der Waals surface area contributed by atoms with E-state index in [1.165, 1.54) is 4.90 Å². The predicted octanol–water partition coefficient (Wildman–Crippen LogP) is 2.96. The Morgan fingerprint density at radius 2 is 1.58 bits per heavy atom. The molecular weight excluding hydrogens is 306 g/mol. The van der Waals surface area contributed by atoms with Crippen molar-refractivity contribution in [2.24, 2.45) is 0 Å². The number of aliphatic carboxylic acids is 1. The van der Waals surface area contributed by atoms with Gasteiger partial charge in [0.2, 0.25) is 5.91 Å². The summed E-state index contributed by atoms with van der Waals surface area (Å²) in [7, 11) is 0. The number of carbonyl (C=O) groups excluding carboxylic acids is 1. The van der Waals surface area contributed by atoms with E-state index in [9.17, 15) is 9.59 Å². The molecule has 0 heterocycles. The number of nitrogens with zero attached hydrogens (tertiary/aromatic N) is 1. The summed E-state index contributed by atoms with van der Waals surface area (Å²) in [6.07, 6.45) is 0.797. The van der Waals surface area contributed by atoms with Crippen LogP contribution in [0, 0.1) is 0 Å². The molecule has 0 aliphatic rings. The summed E-state index contributed by atoms with van der Waals surface area (Å²) >= 11 is 0. The molecule has 126 valence electrons. The summed E-state index contributed by atoms with van der Waals surface area (Å²) in [5.74, 6) is -0.436. The highest BCUT2D eigenvalue weighted by Gasteiger charge is 2.16. The number of benzene rings is 2. The average Bonchev–Trinajstić information content (AvgIpc) is 2.59. The number of rotatable bonds is 9. The molecule has 0 aliphatic carbocycles. The second-order valence-electron chi connectivity index (χ2n) is 5.39. The van der Waals surface area contributed by atoms with E-state index in [1.54, 1.807) is 0 Å². The highest BCUT2D eigenvalue weighted by Crippen LogP contribution is 2.10. The fourth-order valence-corrected chi connectivity index (χ4v) is 2.29. The second kappa shape index (κ2) is 9.35. The number of carbonyl (C=O) groups is 2. The van der Waals surface area contributed by atoms with Gasteiger partial charge in [-0.1, -0.05) is 48.5 Å². The fourth-order valence-electron chi connectivity index (χ4n) is 2.29. The van der Waals surface area contributed by atoms with Crippen molar-refractivity contribution in [3.8, 4) is 5.75 Å². The zero-order chi connectivity index (χ0) is 17.2. The van der Waals surface area contributed by atoms with Crippen molar-refractivity contribution in [3.05, 3.63) is 66.2 Å². The van der Waals surface area contributed by atoms with E-state index >= 15 is 0 Å². The van der Waals surface area contributed by atoms with Crippen LogP contribution in [-0.2, 0) is 16.1 Å². The lowest BCUT2D eigenvalue weighted by atomic mass is 10.2. The summed E-state index contributed by atoms with van der Waals surface area (Å²) in [5, 5.41) is 9.01. The molecule has 2 rings (SSSR count). The van der Waals surface area contributed by atoms with Crippen LogP contribution in [0.3, 0.4) is 0 Å². The highest BCUT2D eigenvalue weighted by molar-refractivity contribution is 5.81. The Hall–Kier alpha value is -2.82. The zero-order valence-corrected chi connectivity index (χ0v) is 13.4. The minimum Gasteiger partial charge on any atom is -0.494 e.